The second-order valence-electron chi connectivity index (χ2n) is 6.48. The van der Waals surface area contributed by atoms with Crippen LogP contribution in [0.3, 0.4) is 0 Å². The summed E-state index contributed by atoms with van der Waals surface area (Å²) in [5.41, 5.74) is 0.625. The first-order valence-corrected chi connectivity index (χ1v) is 8.96. The first kappa shape index (κ1) is 18.1. The molecule has 0 atom stereocenters. The highest BCUT2D eigenvalue weighted by atomic mass is 35.5. The highest BCUT2D eigenvalue weighted by Gasteiger charge is 2.34. The molecule has 0 aromatic heterocycles. The maximum absolute atomic E-state index is 13.5. The predicted octanol–water partition coefficient (Wildman–Crippen LogP) is 4.32. The minimum atomic E-state index is -0.575. The van der Waals surface area contributed by atoms with Crippen molar-refractivity contribution in [1.29, 1.82) is 0 Å². The maximum Gasteiger partial charge on any atom is 0.183 e. The summed E-state index contributed by atoms with van der Waals surface area (Å²) in [6.45, 7) is 4.56. The predicted molar refractivity (Wildman–Crippen MR) is 88.3 cm³/mol. The molecular formula is C18H24ClFO4. The smallest absolute Gasteiger partial charge is 0.183 e. The molecule has 6 heteroatoms. The van der Waals surface area contributed by atoms with E-state index in [1.165, 1.54) is 25.0 Å². The standard InChI is InChI=1S/C18H24ClFO4/c1-2-3-4-12-8-21-18(22-9-12)14-10-23-17(24-11-14)13-5-6-15(19)16(20)7-13/h5-7,12,14,17-18H,2-4,8-11H2,1H3. The van der Waals surface area contributed by atoms with Crippen LogP contribution in [0.1, 0.15) is 38.0 Å². The average molecular weight is 359 g/mol. The van der Waals surface area contributed by atoms with Crippen LogP contribution >= 0.6 is 11.6 Å². The van der Waals surface area contributed by atoms with E-state index in [0.717, 1.165) is 19.6 Å². The monoisotopic (exact) mass is 358 g/mol. The summed E-state index contributed by atoms with van der Waals surface area (Å²) >= 11 is 5.70. The Hall–Kier alpha value is -0.720. The number of halogens is 2. The number of ether oxygens (including phenoxy) is 4. The molecule has 2 aliphatic heterocycles. The van der Waals surface area contributed by atoms with Gasteiger partial charge in [-0.15, -0.1) is 0 Å². The van der Waals surface area contributed by atoms with Crippen LogP contribution in [-0.4, -0.2) is 32.7 Å². The van der Waals surface area contributed by atoms with E-state index in [2.05, 4.69) is 6.92 Å². The van der Waals surface area contributed by atoms with Gasteiger partial charge in [0.1, 0.15) is 5.82 Å². The average Bonchev–Trinajstić information content (AvgIpc) is 2.63. The zero-order valence-electron chi connectivity index (χ0n) is 13.9. The Morgan fingerprint density at radius 2 is 1.79 bits per heavy atom. The summed E-state index contributed by atoms with van der Waals surface area (Å²) in [4.78, 5) is 0. The SMILES string of the molecule is CCCCC1COC(C2COC(c3ccc(Cl)c(F)c3)OC2)OC1. The second-order valence-corrected chi connectivity index (χ2v) is 6.88. The fourth-order valence-corrected chi connectivity index (χ4v) is 3.13. The number of benzene rings is 1. The zero-order chi connectivity index (χ0) is 16.9. The van der Waals surface area contributed by atoms with Crippen molar-refractivity contribution in [2.45, 2.75) is 38.8 Å². The van der Waals surface area contributed by atoms with Gasteiger partial charge in [-0.1, -0.05) is 37.4 Å². The van der Waals surface area contributed by atoms with Crippen molar-refractivity contribution in [1.82, 2.24) is 0 Å². The Bertz CT molecular complexity index is 526. The summed E-state index contributed by atoms with van der Waals surface area (Å²) in [7, 11) is 0. The van der Waals surface area contributed by atoms with Crippen LogP contribution in [0.4, 0.5) is 4.39 Å². The van der Waals surface area contributed by atoms with Crippen molar-refractivity contribution in [3.05, 3.63) is 34.6 Å². The largest absolute Gasteiger partial charge is 0.352 e. The Labute approximate surface area is 147 Å². The van der Waals surface area contributed by atoms with Crippen molar-refractivity contribution in [3.8, 4) is 0 Å². The lowest BCUT2D eigenvalue weighted by Gasteiger charge is -2.37. The molecule has 134 valence electrons. The van der Waals surface area contributed by atoms with Gasteiger partial charge in [0, 0.05) is 11.5 Å². The van der Waals surface area contributed by atoms with Crippen LogP contribution in [0.25, 0.3) is 0 Å². The molecule has 0 bridgehead atoms. The normalized spacial score (nSPS) is 31.1. The number of hydrogen-bond donors (Lipinski definition) is 0. The second kappa shape index (κ2) is 8.59. The topological polar surface area (TPSA) is 36.9 Å². The van der Waals surface area contributed by atoms with Crippen LogP contribution in [0, 0.1) is 17.7 Å². The molecule has 0 spiro atoms. The van der Waals surface area contributed by atoms with Gasteiger partial charge in [0.2, 0.25) is 0 Å². The van der Waals surface area contributed by atoms with Crippen LogP contribution in [0.15, 0.2) is 18.2 Å². The first-order chi connectivity index (χ1) is 11.7. The summed E-state index contributed by atoms with van der Waals surface area (Å²) < 4.78 is 36.7. The maximum atomic E-state index is 13.5. The quantitative estimate of drug-likeness (QED) is 0.785. The van der Waals surface area contributed by atoms with Gasteiger partial charge in [0.25, 0.3) is 0 Å². The van der Waals surface area contributed by atoms with Crippen LogP contribution in [0.5, 0.6) is 0 Å². The molecule has 2 aliphatic rings. The molecule has 2 saturated heterocycles. The van der Waals surface area contributed by atoms with Crippen molar-refractivity contribution in [2.75, 3.05) is 26.4 Å². The molecule has 2 heterocycles. The molecule has 0 saturated carbocycles. The highest BCUT2D eigenvalue weighted by molar-refractivity contribution is 6.30. The van der Waals surface area contributed by atoms with Gasteiger partial charge in [-0.25, -0.2) is 4.39 Å². The molecular weight excluding hydrogens is 335 g/mol. The summed E-state index contributed by atoms with van der Waals surface area (Å²) in [5.74, 6) is 0.0440. The summed E-state index contributed by atoms with van der Waals surface area (Å²) in [6, 6.07) is 4.57. The molecule has 1 aromatic rings. The van der Waals surface area contributed by atoms with Crippen molar-refractivity contribution >= 4 is 11.6 Å². The van der Waals surface area contributed by atoms with Crippen molar-refractivity contribution < 1.29 is 23.3 Å². The molecule has 3 rings (SSSR count). The Morgan fingerprint density at radius 1 is 1.08 bits per heavy atom. The minimum Gasteiger partial charge on any atom is -0.352 e. The molecule has 0 aliphatic carbocycles. The molecule has 24 heavy (non-hydrogen) atoms. The summed E-state index contributed by atoms with van der Waals surface area (Å²) in [5, 5.41) is 0.0917. The van der Waals surface area contributed by atoms with Gasteiger partial charge >= 0.3 is 0 Å². The molecule has 0 radical (unpaired) electrons. The van der Waals surface area contributed by atoms with E-state index in [9.17, 15) is 4.39 Å². The van der Waals surface area contributed by atoms with Gasteiger partial charge in [0.05, 0.1) is 37.4 Å². The minimum absolute atomic E-state index is 0.0329. The third-order valence-corrected chi connectivity index (χ3v) is 4.79. The van der Waals surface area contributed by atoms with E-state index in [-0.39, 0.29) is 17.2 Å². The van der Waals surface area contributed by atoms with Crippen LogP contribution in [-0.2, 0) is 18.9 Å². The number of hydrogen-bond acceptors (Lipinski definition) is 4. The molecule has 0 amide bonds. The Balaban J connectivity index is 1.46. The van der Waals surface area contributed by atoms with Gasteiger partial charge in [-0.3, -0.25) is 0 Å². The molecule has 0 N–H and O–H groups in total. The Morgan fingerprint density at radius 3 is 2.42 bits per heavy atom. The van der Waals surface area contributed by atoms with Gasteiger partial charge in [0.15, 0.2) is 12.6 Å². The summed E-state index contributed by atoms with van der Waals surface area (Å²) in [6.07, 6.45) is 2.68. The fourth-order valence-electron chi connectivity index (χ4n) is 3.02. The molecule has 1 aromatic carbocycles. The van der Waals surface area contributed by atoms with E-state index in [1.807, 2.05) is 0 Å². The van der Waals surface area contributed by atoms with Crippen LogP contribution < -0.4 is 0 Å². The third kappa shape index (κ3) is 4.46. The highest BCUT2D eigenvalue weighted by Crippen LogP contribution is 2.31. The fraction of sp³-hybridized carbons (Fsp3) is 0.667. The number of unbranched alkanes of at least 4 members (excludes halogenated alkanes) is 1. The molecule has 2 fully saturated rings. The number of rotatable bonds is 5. The van der Waals surface area contributed by atoms with Gasteiger partial charge < -0.3 is 18.9 Å². The van der Waals surface area contributed by atoms with E-state index >= 15 is 0 Å². The van der Waals surface area contributed by atoms with Gasteiger partial charge in [-0.05, 0) is 18.6 Å². The van der Waals surface area contributed by atoms with E-state index in [4.69, 9.17) is 30.5 Å². The lowest BCUT2D eigenvalue weighted by molar-refractivity contribution is -0.283. The van der Waals surface area contributed by atoms with Crippen molar-refractivity contribution in [3.63, 3.8) is 0 Å². The first-order valence-electron chi connectivity index (χ1n) is 8.58. The van der Waals surface area contributed by atoms with Gasteiger partial charge in [-0.2, -0.15) is 0 Å². The van der Waals surface area contributed by atoms with Crippen LogP contribution in [0.2, 0.25) is 5.02 Å². The lowest BCUT2D eigenvalue weighted by atomic mass is 10.0. The Kier molecular flexibility index (Phi) is 6.47. The molecule has 4 nitrogen and oxygen atoms in total. The van der Waals surface area contributed by atoms with E-state index in [1.54, 1.807) is 6.07 Å². The molecule has 0 unspecified atom stereocenters. The zero-order valence-corrected chi connectivity index (χ0v) is 14.6. The van der Waals surface area contributed by atoms with E-state index < -0.39 is 12.1 Å². The van der Waals surface area contributed by atoms with Crippen molar-refractivity contribution in [2.24, 2.45) is 11.8 Å². The lowest BCUT2D eigenvalue weighted by Crippen LogP contribution is -2.43. The third-order valence-electron chi connectivity index (χ3n) is 4.48. The van der Waals surface area contributed by atoms with E-state index in [0.29, 0.717) is 24.7 Å².